The number of hydrogen-bond donors (Lipinski definition) is 2. The van der Waals surface area contributed by atoms with E-state index in [0.717, 1.165) is 17.9 Å². The fourth-order valence-electron chi connectivity index (χ4n) is 1.58. The van der Waals surface area contributed by atoms with E-state index in [-0.39, 0.29) is 5.56 Å². The predicted molar refractivity (Wildman–Crippen MR) is 63.1 cm³/mol. The molecule has 1 aromatic heterocycles. The minimum absolute atomic E-state index is 0.159. The van der Waals surface area contributed by atoms with E-state index in [1.54, 1.807) is 6.92 Å². The summed E-state index contributed by atoms with van der Waals surface area (Å²) in [6.45, 7) is 1.68. The monoisotopic (exact) mass is 239 g/mol. The van der Waals surface area contributed by atoms with Crippen LogP contribution in [0.1, 0.15) is 22.5 Å². The van der Waals surface area contributed by atoms with Gasteiger partial charge in [0.25, 0.3) is 0 Å². The number of carbonyl (C=O) groups is 1. The number of aryl methyl sites for hydroxylation is 1. The number of thioether (sulfide) groups is 1. The van der Waals surface area contributed by atoms with Crippen LogP contribution in [-0.4, -0.2) is 38.6 Å². The zero-order chi connectivity index (χ0) is 11.5. The van der Waals surface area contributed by atoms with Crippen molar-refractivity contribution in [2.45, 2.75) is 19.4 Å². The summed E-state index contributed by atoms with van der Waals surface area (Å²) in [5.41, 5.74) is 0.655. The van der Waals surface area contributed by atoms with E-state index in [4.69, 9.17) is 5.11 Å². The molecule has 0 radical (unpaired) electrons. The summed E-state index contributed by atoms with van der Waals surface area (Å²) < 4.78 is 0. The second-order valence-corrected chi connectivity index (χ2v) is 4.85. The zero-order valence-electron chi connectivity index (χ0n) is 8.93. The van der Waals surface area contributed by atoms with Gasteiger partial charge in [0.15, 0.2) is 0 Å². The maximum atomic E-state index is 10.8. The summed E-state index contributed by atoms with van der Waals surface area (Å²) in [7, 11) is 0. The van der Waals surface area contributed by atoms with E-state index in [1.807, 2.05) is 11.8 Å². The third kappa shape index (κ3) is 2.44. The summed E-state index contributed by atoms with van der Waals surface area (Å²) in [4.78, 5) is 18.9. The molecule has 1 unspecified atom stereocenters. The second kappa shape index (κ2) is 4.69. The fourth-order valence-corrected chi connectivity index (χ4v) is 2.73. The van der Waals surface area contributed by atoms with Crippen LogP contribution in [0.25, 0.3) is 0 Å². The van der Waals surface area contributed by atoms with E-state index < -0.39 is 5.97 Å². The number of aromatic carboxylic acids is 1. The van der Waals surface area contributed by atoms with Crippen molar-refractivity contribution in [1.29, 1.82) is 0 Å². The maximum Gasteiger partial charge on any atom is 0.339 e. The van der Waals surface area contributed by atoms with Crippen LogP contribution >= 0.6 is 11.8 Å². The van der Waals surface area contributed by atoms with E-state index in [0.29, 0.717) is 17.7 Å². The highest BCUT2D eigenvalue weighted by atomic mass is 32.2. The molecule has 1 atom stereocenters. The molecule has 0 aliphatic carbocycles. The third-order valence-electron chi connectivity index (χ3n) is 2.47. The van der Waals surface area contributed by atoms with Crippen molar-refractivity contribution < 1.29 is 9.90 Å². The van der Waals surface area contributed by atoms with Gasteiger partial charge in [0, 0.05) is 18.0 Å². The average Bonchev–Trinajstić information content (AvgIpc) is 2.70. The van der Waals surface area contributed by atoms with Crippen LogP contribution in [0, 0.1) is 6.92 Å². The number of carboxylic acids is 1. The second-order valence-electron chi connectivity index (χ2n) is 3.70. The van der Waals surface area contributed by atoms with Gasteiger partial charge in [0.1, 0.15) is 0 Å². The van der Waals surface area contributed by atoms with Crippen molar-refractivity contribution >= 4 is 23.7 Å². The molecule has 6 heteroatoms. The Hall–Kier alpha value is -1.30. The smallest absolute Gasteiger partial charge is 0.339 e. The molecule has 0 saturated carbocycles. The first-order valence-electron chi connectivity index (χ1n) is 5.08. The first-order chi connectivity index (χ1) is 7.66. The molecule has 2 rings (SSSR count). The normalized spacial score (nSPS) is 19.7. The van der Waals surface area contributed by atoms with Crippen molar-refractivity contribution in [3.05, 3.63) is 17.5 Å². The number of aromatic nitrogens is 2. The van der Waals surface area contributed by atoms with Gasteiger partial charge >= 0.3 is 5.97 Å². The lowest BCUT2D eigenvalue weighted by atomic mass is 10.2. The molecule has 1 saturated heterocycles. The minimum atomic E-state index is -0.986. The summed E-state index contributed by atoms with van der Waals surface area (Å²) in [6.07, 6.45) is 2.46. The van der Waals surface area contributed by atoms with Crippen LogP contribution in [0.4, 0.5) is 5.95 Å². The van der Waals surface area contributed by atoms with Gasteiger partial charge in [-0.2, -0.15) is 11.8 Å². The first kappa shape index (κ1) is 11.2. The molecule has 1 aliphatic rings. The van der Waals surface area contributed by atoms with Crippen molar-refractivity contribution in [3.63, 3.8) is 0 Å². The lowest BCUT2D eigenvalue weighted by molar-refractivity contribution is 0.0695. The van der Waals surface area contributed by atoms with Crippen LogP contribution in [-0.2, 0) is 0 Å². The minimum Gasteiger partial charge on any atom is -0.478 e. The maximum absolute atomic E-state index is 10.8. The molecule has 1 fully saturated rings. The van der Waals surface area contributed by atoms with Crippen molar-refractivity contribution in [2.24, 2.45) is 0 Å². The predicted octanol–water partition coefficient (Wildman–Crippen LogP) is 1.40. The van der Waals surface area contributed by atoms with Crippen molar-refractivity contribution in [2.75, 3.05) is 16.8 Å². The lowest BCUT2D eigenvalue weighted by Gasteiger charge is -2.11. The van der Waals surface area contributed by atoms with Gasteiger partial charge in [-0.3, -0.25) is 0 Å². The van der Waals surface area contributed by atoms with Crippen LogP contribution in [0.5, 0.6) is 0 Å². The van der Waals surface area contributed by atoms with Gasteiger partial charge in [-0.1, -0.05) is 0 Å². The Labute approximate surface area is 97.7 Å². The zero-order valence-corrected chi connectivity index (χ0v) is 9.75. The summed E-state index contributed by atoms with van der Waals surface area (Å²) >= 11 is 1.90. The topological polar surface area (TPSA) is 75.1 Å². The molecule has 5 nitrogen and oxygen atoms in total. The summed E-state index contributed by atoms with van der Waals surface area (Å²) in [5, 5.41) is 12.0. The largest absolute Gasteiger partial charge is 0.478 e. The SMILES string of the molecule is Cc1nc(NC2CCSC2)ncc1C(=O)O. The quantitative estimate of drug-likeness (QED) is 0.830. The molecule has 86 valence electrons. The molecule has 1 aliphatic heterocycles. The molecule has 1 aromatic rings. The molecule has 2 N–H and O–H groups in total. The number of nitrogens with one attached hydrogen (secondary N) is 1. The van der Waals surface area contributed by atoms with E-state index in [2.05, 4.69) is 15.3 Å². The fraction of sp³-hybridized carbons (Fsp3) is 0.500. The Morgan fingerprint density at radius 3 is 3.06 bits per heavy atom. The van der Waals surface area contributed by atoms with Gasteiger partial charge in [0.2, 0.25) is 5.95 Å². The highest BCUT2D eigenvalue weighted by Crippen LogP contribution is 2.20. The standard InChI is InChI=1S/C10H13N3O2S/c1-6-8(9(14)15)4-11-10(12-6)13-7-2-3-16-5-7/h4,7H,2-3,5H2,1H3,(H,14,15)(H,11,12,13). The number of nitrogens with zero attached hydrogens (tertiary/aromatic N) is 2. The Morgan fingerprint density at radius 1 is 1.69 bits per heavy atom. The molecular formula is C10H13N3O2S. The number of anilines is 1. The first-order valence-corrected chi connectivity index (χ1v) is 6.23. The third-order valence-corrected chi connectivity index (χ3v) is 3.64. The Bertz CT molecular complexity index is 405. The van der Waals surface area contributed by atoms with Gasteiger partial charge in [0.05, 0.1) is 11.3 Å². The lowest BCUT2D eigenvalue weighted by Crippen LogP contribution is -2.20. The van der Waals surface area contributed by atoms with E-state index >= 15 is 0 Å². The number of hydrogen-bond acceptors (Lipinski definition) is 5. The van der Waals surface area contributed by atoms with Crippen LogP contribution in [0.3, 0.4) is 0 Å². The molecule has 0 amide bonds. The molecule has 16 heavy (non-hydrogen) atoms. The van der Waals surface area contributed by atoms with Crippen LogP contribution in [0.2, 0.25) is 0 Å². The molecule has 0 spiro atoms. The number of rotatable bonds is 3. The van der Waals surface area contributed by atoms with Gasteiger partial charge < -0.3 is 10.4 Å². The highest BCUT2D eigenvalue weighted by molar-refractivity contribution is 7.99. The van der Waals surface area contributed by atoms with Crippen LogP contribution < -0.4 is 5.32 Å². The Morgan fingerprint density at radius 2 is 2.50 bits per heavy atom. The summed E-state index contributed by atoms with van der Waals surface area (Å²) in [5.74, 6) is 1.75. The van der Waals surface area contributed by atoms with E-state index in [9.17, 15) is 4.79 Å². The van der Waals surface area contributed by atoms with Gasteiger partial charge in [-0.05, 0) is 19.1 Å². The summed E-state index contributed by atoms with van der Waals surface area (Å²) in [6, 6.07) is 0.403. The molecule has 0 aromatic carbocycles. The van der Waals surface area contributed by atoms with E-state index in [1.165, 1.54) is 6.20 Å². The van der Waals surface area contributed by atoms with Gasteiger partial charge in [-0.25, -0.2) is 14.8 Å². The van der Waals surface area contributed by atoms with Crippen molar-refractivity contribution in [3.8, 4) is 0 Å². The van der Waals surface area contributed by atoms with Gasteiger partial charge in [-0.15, -0.1) is 0 Å². The average molecular weight is 239 g/mol. The Balaban J connectivity index is 2.11. The Kier molecular flexibility index (Phi) is 3.28. The van der Waals surface area contributed by atoms with Crippen molar-refractivity contribution in [1.82, 2.24) is 9.97 Å². The molecule has 0 bridgehead atoms. The number of carboxylic acid groups (broad SMARTS) is 1. The highest BCUT2D eigenvalue weighted by Gasteiger charge is 2.17. The molecule has 2 heterocycles. The molecular weight excluding hydrogens is 226 g/mol. The van der Waals surface area contributed by atoms with Crippen LogP contribution in [0.15, 0.2) is 6.20 Å².